The highest BCUT2D eigenvalue weighted by atomic mass is 16.5. The number of rotatable bonds is 4. The molecule has 4 heterocycles. The van der Waals surface area contributed by atoms with Crippen LogP contribution in [-0.4, -0.2) is 0 Å². The quantitative estimate of drug-likeness (QED) is 0.192. The zero-order chi connectivity index (χ0) is 30.4. The van der Waals surface area contributed by atoms with Gasteiger partial charge in [-0.3, -0.25) is 0 Å². The van der Waals surface area contributed by atoms with Gasteiger partial charge >= 0.3 is 0 Å². The molecule has 0 amide bonds. The fourth-order valence-electron chi connectivity index (χ4n) is 9.54. The van der Waals surface area contributed by atoms with Crippen LogP contribution in [0.5, 0.6) is 0 Å². The minimum absolute atomic E-state index is 0.673. The van der Waals surface area contributed by atoms with Crippen molar-refractivity contribution >= 4 is 0 Å². The van der Waals surface area contributed by atoms with Gasteiger partial charge in [0.25, 0.3) is 0 Å². The normalized spacial score (nSPS) is 29.7. The van der Waals surface area contributed by atoms with E-state index in [2.05, 4.69) is 146 Å². The molecule has 4 aliphatic heterocycles. The molecule has 0 saturated heterocycles. The first kappa shape index (κ1) is 26.7. The molecule has 10 rings (SSSR count). The van der Waals surface area contributed by atoms with Crippen molar-refractivity contribution in [1.29, 1.82) is 0 Å². The Morgan fingerprint density at radius 3 is 0.848 bits per heavy atom. The third kappa shape index (κ3) is 3.24. The van der Waals surface area contributed by atoms with Gasteiger partial charge in [-0.1, -0.05) is 134 Å². The lowest BCUT2D eigenvalue weighted by Gasteiger charge is -2.36. The maximum Gasteiger partial charge on any atom is 0.139 e. The molecule has 0 spiro atoms. The first-order chi connectivity index (χ1) is 22.7. The highest BCUT2D eigenvalue weighted by Gasteiger charge is 2.65. The summed E-state index contributed by atoms with van der Waals surface area (Å²) < 4.78 is 15.3. The molecule has 0 radical (unpaired) electrons. The van der Waals surface area contributed by atoms with Crippen LogP contribution in [0.1, 0.15) is 81.3 Å². The van der Waals surface area contributed by atoms with Gasteiger partial charge in [-0.25, -0.2) is 0 Å². The van der Waals surface area contributed by atoms with Crippen molar-refractivity contribution in [3.05, 3.63) is 201 Å². The van der Waals surface area contributed by atoms with Crippen LogP contribution in [0.2, 0.25) is 0 Å². The summed E-state index contributed by atoms with van der Waals surface area (Å²) in [6.45, 7) is 0. The Bertz CT molecular complexity index is 1760. The molecule has 6 bridgehead atoms. The van der Waals surface area contributed by atoms with E-state index in [0.717, 1.165) is 25.7 Å². The van der Waals surface area contributed by atoms with Gasteiger partial charge in [0.05, 0.1) is 0 Å². The van der Waals surface area contributed by atoms with Crippen LogP contribution in [0.25, 0.3) is 0 Å². The molecule has 2 heteroatoms. The van der Waals surface area contributed by atoms with E-state index in [1.165, 1.54) is 68.5 Å². The van der Waals surface area contributed by atoms with Gasteiger partial charge in [0, 0.05) is 22.3 Å². The van der Waals surface area contributed by atoms with Gasteiger partial charge in [0.2, 0.25) is 0 Å². The van der Waals surface area contributed by atoms with Crippen LogP contribution in [0.3, 0.4) is 0 Å². The zero-order valence-electron chi connectivity index (χ0n) is 25.9. The second-order valence-electron chi connectivity index (χ2n) is 13.6. The average molecular weight is 597 g/mol. The Hall–Kier alpha value is -4.50. The van der Waals surface area contributed by atoms with Crippen molar-refractivity contribution in [1.82, 2.24) is 0 Å². The van der Waals surface area contributed by atoms with E-state index in [9.17, 15) is 0 Å². The molecule has 5 aromatic carbocycles. The predicted octanol–water partition coefficient (Wildman–Crippen LogP) is 9.52. The molecule has 0 aromatic heterocycles. The summed E-state index contributed by atoms with van der Waals surface area (Å²) in [4.78, 5) is 0. The molecule has 224 valence electrons. The second kappa shape index (κ2) is 9.51. The van der Waals surface area contributed by atoms with Gasteiger partial charge in [-0.2, -0.15) is 0 Å². The van der Waals surface area contributed by atoms with Crippen molar-refractivity contribution in [2.45, 2.75) is 60.9 Å². The topological polar surface area (TPSA) is 18.5 Å². The molecule has 0 saturated carbocycles. The Balaban J connectivity index is 1.40. The molecule has 0 N–H and O–H groups in total. The SMILES string of the molecule is C1=CC2(c3ccccc3)OC1(c1ccccc1)c1c3c4c(c(c12)CCCCCC3)C1(c2ccccc2)C=CC4(c2ccccc2)O1. The Labute approximate surface area is 271 Å². The molecule has 2 nitrogen and oxygen atoms in total. The summed E-state index contributed by atoms with van der Waals surface area (Å²) in [5, 5.41) is 0. The molecule has 46 heavy (non-hydrogen) atoms. The van der Waals surface area contributed by atoms with Crippen molar-refractivity contribution in [2.24, 2.45) is 0 Å². The van der Waals surface area contributed by atoms with E-state index in [0.29, 0.717) is 0 Å². The number of hydrogen-bond acceptors (Lipinski definition) is 2. The molecular weight excluding hydrogens is 560 g/mol. The standard InChI is InChI=1S/C44H36O2/c1-2-16-26-36-39-37(41(31-17-7-3-8-18-31)27-29-43(39,45-41)33-21-11-5-12-22-33)35(25-15-1)38-40(36)44(34-23-13-6-14-24-34)30-28-42(38,46-44)32-19-9-4-10-20-32/h3-14,17-24,27-30H,1-2,15-16,25-26H2. The lowest BCUT2D eigenvalue weighted by molar-refractivity contribution is -0.0284. The molecule has 1 aliphatic carbocycles. The van der Waals surface area contributed by atoms with E-state index in [-0.39, 0.29) is 0 Å². The smallest absolute Gasteiger partial charge is 0.139 e. The molecule has 0 fully saturated rings. The third-order valence-corrected chi connectivity index (χ3v) is 11.4. The third-order valence-electron chi connectivity index (χ3n) is 11.4. The van der Waals surface area contributed by atoms with Gasteiger partial charge in [0.15, 0.2) is 0 Å². The van der Waals surface area contributed by atoms with Crippen LogP contribution in [0, 0.1) is 0 Å². The second-order valence-corrected chi connectivity index (χ2v) is 13.6. The first-order valence-corrected chi connectivity index (χ1v) is 17.0. The Morgan fingerprint density at radius 1 is 0.326 bits per heavy atom. The molecule has 4 unspecified atom stereocenters. The highest BCUT2D eigenvalue weighted by molar-refractivity contribution is 5.76. The zero-order valence-corrected chi connectivity index (χ0v) is 25.9. The predicted molar refractivity (Wildman–Crippen MR) is 182 cm³/mol. The van der Waals surface area contributed by atoms with Gasteiger partial charge < -0.3 is 9.47 Å². The van der Waals surface area contributed by atoms with E-state index < -0.39 is 22.4 Å². The fourth-order valence-corrected chi connectivity index (χ4v) is 9.54. The summed E-state index contributed by atoms with van der Waals surface area (Å²) >= 11 is 0. The molecule has 5 aliphatic rings. The van der Waals surface area contributed by atoms with E-state index in [1.807, 2.05) is 0 Å². The lowest BCUT2D eigenvalue weighted by atomic mass is 9.63. The Morgan fingerprint density at radius 2 is 0.587 bits per heavy atom. The van der Waals surface area contributed by atoms with Gasteiger partial charge in [-0.05, 0) is 83.4 Å². The minimum Gasteiger partial charge on any atom is -0.341 e. The van der Waals surface area contributed by atoms with Crippen LogP contribution >= 0.6 is 0 Å². The summed E-state index contributed by atoms with van der Waals surface area (Å²) in [6.07, 6.45) is 16.3. The van der Waals surface area contributed by atoms with E-state index >= 15 is 0 Å². The maximum atomic E-state index is 7.66. The van der Waals surface area contributed by atoms with E-state index in [1.54, 1.807) is 0 Å². The van der Waals surface area contributed by atoms with Crippen LogP contribution in [-0.2, 0) is 44.7 Å². The van der Waals surface area contributed by atoms with E-state index in [4.69, 9.17) is 9.47 Å². The highest BCUT2D eigenvalue weighted by Crippen LogP contribution is 2.68. The van der Waals surface area contributed by atoms with Gasteiger partial charge in [0.1, 0.15) is 22.4 Å². The molecule has 5 aromatic rings. The number of ether oxygens (including phenoxy) is 2. The van der Waals surface area contributed by atoms with Crippen molar-refractivity contribution < 1.29 is 9.47 Å². The number of fused-ring (bicyclic) bond motifs is 9. The minimum atomic E-state index is -0.673. The Kier molecular flexibility index (Phi) is 5.52. The summed E-state index contributed by atoms with van der Waals surface area (Å²) in [6, 6.07) is 43.7. The maximum absolute atomic E-state index is 7.66. The molecule has 4 atom stereocenters. The van der Waals surface area contributed by atoms with Crippen LogP contribution in [0.15, 0.2) is 146 Å². The summed E-state index contributed by atoms with van der Waals surface area (Å²) in [5.74, 6) is 0. The van der Waals surface area contributed by atoms with Crippen molar-refractivity contribution in [2.75, 3.05) is 0 Å². The largest absolute Gasteiger partial charge is 0.341 e. The van der Waals surface area contributed by atoms with Gasteiger partial charge in [-0.15, -0.1) is 0 Å². The van der Waals surface area contributed by atoms with Crippen molar-refractivity contribution in [3.8, 4) is 0 Å². The van der Waals surface area contributed by atoms with Crippen molar-refractivity contribution in [3.63, 3.8) is 0 Å². The van der Waals surface area contributed by atoms with Crippen LogP contribution in [0.4, 0.5) is 0 Å². The number of benzene rings is 5. The first-order valence-electron chi connectivity index (χ1n) is 17.0. The fraction of sp³-hybridized carbons (Fsp3) is 0.227. The molecular formula is C44H36O2. The average Bonchev–Trinajstić information content (AvgIpc) is 3.89. The number of hydrogen-bond donors (Lipinski definition) is 0. The summed E-state index contributed by atoms with van der Waals surface area (Å²) in [7, 11) is 0. The summed E-state index contributed by atoms with van der Waals surface area (Å²) in [5.41, 5.74) is 10.4. The lowest BCUT2D eigenvalue weighted by Crippen LogP contribution is -2.31. The van der Waals surface area contributed by atoms with Crippen LogP contribution < -0.4 is 0 Å². The monoisotopic (exact) mass is 596 g/mol.